The van der Waals surface area contributed by atoms with E-state index in [2.05, 4.69) is 35.3 Å². The van der Waals surface area contributed by atoms with Crippen LogP contribution in [0.4, 0.5) is 11.5 Å². The van der Waals surface area contributed by atoms with E-state index < -0.39 is 0 Å². The van der Waals surface area contributed by atoms with Gasteiger partial charge in [0.2, 0.25) is 5.91 Å². The number of fused-ring (bicyclic) bond motifs is 1. The Balaban J connectivity index is 1.71. The summed E-state index contributed by atoms with van der Waals surface area (Å²) in [6, 6.07) is 7.93. The van der Waals surface area contributed by atoms with Crippen LogP contribution in [0.1, 0.15) is 31.9 Å². The second kappa shape index (κ2) is 6.64. The fourth-order valence-corrected chi connectivity index (χ4v) is 3.71. The van der Waals surface area contributed by atoms with Gasteiger partial charge >= 0.3 is 0 Å². The summed E-state index contributed by atoms with van der Waals surface area (Å²) in [7, 11) is 1.94. The summed E-state index contributed by atoms with van der Waals surface area (Å²) in [5, 5.41) is 17.8. The van der Waals surface area contributed by atoms with Crippen LogP contribution in [-0.4, -0.2) is 20.7 Å². The monoisotopic (exact) mass is 374 g/mol. The van der Waals surface area contributed by atoms with Crippen LogP contribution < -0.4 is 11.1 Å². The third-order valence-corrected chi connectivity index (χ3v) is 5.26. The lowest BCUT2D eigenvalue weighted by atomic mass is 9.97. The van der Waals surface area contributed by atoms with Gasteiger partial charge in [-0.1, -0.05) is 13.8 Å². The summed E-state index contributed by atoms with van der Waals surface area (Å²) < 4.78 is 1.89. The van der Waals surface area contributed by atoms with E-state index >= 15 is 0 Å². The number of carbonyl (C=O) groups is 1. The molecule has 0 saturated heterocycles. The van der Waals surface area contributed by atoms with Gasteiger partial charge in [-0.2, -0.15) is 10.4 Å². The van der Waals surface area contributed by atoms with Gasteiger partial charge in [0.15, 0.2) is 0 Å². The molecule has 0 radical (unpaired) electrons. The standard InChI is InChI=1S/C21H22N6O/c1-11(2)20-17(10-25-27(20)3)12-4-13-7-19(24-9-16(13)18(23)6-12)26-21(28)15-5-14(15)8-22/h4,6-7,9-11,14-15H,5,23H2,1-3H3,(H,24,26,28)/t14-,15+/m0/s1. The van der Waals surface area contributed by atoms with Crippen LogP contribution >= 0.6 is 0 Å². The van der Waals surface area contributed by atoms with Crippen molar-refractivity contribution in [2.24, 2.45) is 18.9 Å². The second-order valence-electron chi connectivity index (χ2n) is 7.64. The van der Waals surface area contributed by atoms with Crippen molar-refractivity contribution in [2.75, 3.05) is 11.1 Å². The van der Waals surface area contributed by atoms with Crippen molar-refractivity contribution in [2.45, 2.75) is 26.2 Å². The highest BCUT2D eigenvalue weighted by Crippen LogP contribution is 2.39. The number of nitrogens with zero attached hydrogens (tertiary/aromatic N) is 4. The molecule has 7 heteroatoms. The van der Waals surface area contributed by atoms with E-state index in [9.17, 15) is 4.79 Å². The maximum atomic E-state index is 12.2. The molecule has 1 fully saturated rings. The van der Waals surface area contributed by atoms with Crippen molar-refractivity contribution in [3.05, 3.63) is 36.3 Å². The van der Waals surface area contributed by atoms with E-state index in [1.165, 1.54) is 0 Å². The number of anilines is 2. The number of nitriles is 1. The number of nitrogens with two attached hydrogens (primary N) is 1. The lowest BCUT2D eigenvalue weighted by molar-refractivity contribution is -0.117. The van der Waals surface area contributed by atoms with Crippen LogP contribution in [0.2, 0.25) is 0 Å². The molecule has 142 valence electrons. The average Bonchev–Trinajstić information content (AvgIpc) is 3.35. The molecule has 0 aliphatic heterocycles. The molecule has 7 nitrogen and oxygen atoms in total. The van der Waals surface area contributed by atoms with E-state index in [-0.39, 0.29) is 17.7 Å². The normalized spacial score (nSPS) is 18.2. The van der Waals surface area contributed by atoms with Gasteiger partial charge in [-0.15, -0.1) is 0 Å². The van der Waals surface area contributed by atoms with E-state index in [0.717, 1.165) is 27.6 Å². The highest BCUT2D eigenvalue weighted by Gasteiger charge is 2.43. The fourth-order valence-electron chi connectivity index (χ4n) is 3.71. The van der Waals surface area contributed by atoms with Gasteiger partial charge < -0.3 is 11.1 Å². The minimum absolute atomic E-state index is 0.156. The summed E-state index contributed by atoms with van der Waals surface area (Å²) in [6.07, 6.45) is 4.15. The number of carbonyl (C=O) groups excluding carboxylic acids is 1. The number of aryl methyl sites for hydroxylation is 1. The Morgan fingerprint density at radius 1 is 1.36 bits per heavy atom. The zero-order valence-corrected chi connectivity index (χ0v) is 16.1. The first kappa shape index (κ1) is 18.0. The quantitative estimate of drug-likeness (QED) is 0.680. The number of nitrogen functional groups attached to an aromatic ring is 1. The lowest BCUT2D eigenvalue weighted by Crippen LogP contribution is -2.15. The van der Waals surface area contributed by atoms with Crippen molar-refractivity contribution in [3.8, 4) is 17.2 Å². The average molecular weight is 374 g/mol. The number of rotatable bonds is 4. The third-order valence-electron chi connectivity index (χ3n) is 5.26. The minimum Gasteiger partial charge on any atom is -0.398 e. The second-order valence-corrected chi connectivity index (χ2v) is 7.64. The molecule has 2 heterocycles. The van der Waals surface area contributed by atoms with E-state index in [4.69, 9.17) is 11.0 Å². The molecule has 28 heavy (non-hydrogen) atoms. The Morgan fingerprint density at radius 3 is 2.82 bits per heavy atom. The molecular weight excluding hydrogens is 352 g/mol. The molecule has 0 unspecified atom stereocenters. The molecule has 3 N–H and O–H groups in total. The summed E-state index contributed by atoms with van der Waals surface area (Å²) >= 11 is 0. The van der Waals surface area contributed by atoms with E-state index in [1.54, 1.807) is 6.20 Å². The van der Waals surface area contributed by atoms with Gasteiger partial charge in [0.25, 0.3) is 0 Å². The summed E-state index contributed by atoms with van der Waals surface area (Å²) in [5.74, 6) is 0.216. The van der Waals surface area contributed by atoms with Crippen molar-refractivity contribution < 1.29 is 4.79 Å². The maximum absolute atomic E-state index is 12.2. The number of aromatic nitrogens is 3. The Bertz CT molecular complexity index is 1120. The molecule has 2 atom stereocenters. The van der Waals surface area contributed by atoms with Gasteiger partial charge in [-0.25, -0.2) is 4.98 Å². The van der Waals surface area contributed by atoms with Crippen molar-refractivity contribution in [1.29, 1.82) is 5.26 Å². The molecule has 1 amide bonds. The van der Waals surface area contributed by atoms with Crippen LogP contribution in [0, 0.1) is 23.2 Å². The fraction of sp³-hybridized carbons (Fsp3) is 0.333. The predicted molar refractivity (Wildman–Crippen MR) is 108 cm³/mol. The van der Waals surface area contributed by atoms with Gasteiger partial charge in [-0.3, -0.25) is 9.48 Å². The Hall–Kier alpha value is -3.40. The smallest absolute Gasteiger partial charge is 0.230 e. The third kappa shape index (κ3) is 3.07. The summed E-state index contributed by atoms with van der Waals surface area (Å²) in [4.78, 5) is 16.5. The van der Waals surface area contributed by atoms with Gasteiger partial charge in [0.05, 0.1) is 24.1 Å². The molecular formula is C21H22N6O. The van der Waals surface area contributed by atoms with Gasteiger partial charge in [-0.05, 0) is 41.5 Å². The number of amides is 1. The first-order valence-corrected chi connectivity index (χ1v) is 9.31. The van der Waals surface area contributed by atoms with Crippen molar-refractivity contribution in [1.82, 2.24) is 14.8 Å². The Morgan fingerprint density at radius 2 is 2.14 bits per heavy atom. The highest BCUT2D eigenvalue weighted by molar-refractivity contribution is 6.00. The first-order valence-electron chi connectivity index (χ1n) is 9.31. The van der Waals surface area contributed by atoms with Gasteiger partial charge in [0.1, 0.15) is 5.82 Å². The van der Waals surface area contributed by atoms with Crippen LogP contribution in [0.15, 0.2) is 30.6 Å². The zero-order valence-electron chi connectivity index (χ0n) is 16.1. The number of hydrogen-bond acceptors (Lipinski definition) is 5. The maximum Gasteiger partial charge on any atom is 0.230 e. The molecule has 1 aromatic carbocycles. The van der Waals surface area contributed by atoms with E-state index in [0.29, 0.717) is 23.8 Å². The molecule has 0 spiro atoms. The number of benzene rings is 1. The molecule has 1 saturated carbocycles. The summed E-state index contributed by atoms with van der Waals surface area (Å²) in [5.41, 5.74) is 10.1. The molecule has 3 aromatic rings. The molecule has 2 aromatic heterocycles. The molecule has 4 rings (SSSR count). The predicted octanol–water partition coefficient (Wildman–Crippen LogP) is 3.44. The topological polar surface area (TPSA) is 110 Å². The Labute approximate surface area is 163 Å². The van der Waals surface area contributed by atoms with E-state index in [1.807, 2.05) is 36.1 Å². The molecule has 1 aliphatic rings. The largest absolute Gasteiger partial charge is 0.398 e. The minimum atomic E-state index is -0.233. The van der Waals surface area contributed by atoms with Crippen molar-refractivity contribution >= 4 is 28.2 Å². The van der Waals surface area contributed by atoms with Crippen LogP contribution in [0.25, 0.3) is 21.9 Å². The van der Waals surface area contributed by atoms with Crippen molar-refractivity contribution in [3.63, 3.8) is 0 Å². The molecule has 0 bridgehead atoms. The molecule has 1 aliphatic carbocycles. The van der Waals surface area contributed by atoms with Gasteiger partial charge in [0, 0.05) is 35.6 Å². The van der Waals surface area contributed by atoms with Crippen LogP contribution in [-0.2, 0) is 11.8 Å². The Kier molecular flexibility index (Phi) is 4.27. The number of nitrogens with one attached hydrogen (secondary N) is 1. The van der Waals surface area contributed by atoms with Crippen LogP contribution in [0.3, 0.4) is 0 Å². The van der Waals surface area contributed by atoms with Crippen LogP contribution in [0.5, 0.6) is 0 Å². The lowest BCUT2D eigenvalue weighted by Gasteiger charge is -2.12. The summed E-state index contributed by atoms with van der Waals surface area (Å²) in [6.45, 7) is 4.27. The number of hydrogen-bond donors (Lipinski definition) is 2. The first-order chi connectivity index (χ1) is 13.4. The number of pyridine rings is 1. The zero-order chi connectivity index (χ0) is 20.0. The SMILES string of the molecule is CC(C)c1c(-c2cc(N)c3cnc(NC(=O)[C@@H]4C[C@H]4C#N)cc3c2)cnn1C. The highest BCUT2D eigenvalue weighted by atomic mass is 16.2.